The molecule has 0 aliphatic rings. The first-order valence-electron chi connectivity index (χ1n) is 7.07. The molecule has 0 atom stereocenters. The van der Waals surface area contributed by atoms with Crippen LogP contribution in [0.25, 0.3) is 22.2 Å². The molecule has 0 radical (unpaired) electrons. The van der Waals surface area contributed by atoms with Gasteiger partial charge in [0.2, 0.25) is 5.95 Å². The number of aromatic amines is 1. The number of rotatable bonds is 3. The number of hydrogen-bond acceptors (Lipinski definition) is 4. The number of fused-ring (bicyclic) bond motifs is 1. The Hall–Kier alpha value is -3.28. The molecular weight excluding hydrogens is 293 g/mol. The summed E-state index contributed by atoms with van der Waals surface area (Å²) in [6.45, 7) is 0. The maximum Gasteiger partial charge on any atom is 0.227 e. The van der Waals surface area contributed by atoms with E-state index in [2.05, 4.69) is 25.3 Å². The van der Waals surface area contributed by atoms with Crippen LogP contribution < -0.4 is 5.32 Å². The van der Waals surface area contributed by atoms with Crippen molar-refractivity contribution in [2.45, 2.75) is 0 Å². The summed E-state index contributed by atoms with van der Waals surface area (Å²) in [6, 6.07) is 9.95. The van der Waals surface area contributed by atoms with Gasteiger partial charge in [-0.3, -0.25) is 4.98 Å². The molecule has 4 aromatic rings. The SMILES string of the molecule is Fc1cccc(Nc2nccc(-c3c[nH]c4cnccc34)n2)c1. The van der Waals surface area contributed by atoms with Crippen LogP contribution in [-0.4, -0.2) is 19.9 Å². The molecule has 4 rings (SSSR count). The number of nitrogens with zero attached hydrogens (tertiary/aromatic N) is 3. The summed E-state index contributed by atoms with van der Waals surface area (Å²) < 4.78 is 13.3. The predicted molar refractivity (Wildman–Crippen MR) is 86.8 cm³/mol. The lowest BCUT2D eigenvalue weighted by molar-refractivity contribution is 0.628. The number of H-pyrrole nitrogens is 1. The standard InChI is InChI=1S/C17H12FN5/c18-11-2-1-3-12(8-11)22-17-20-7-5-15(23-17)14-9-21-16-10-19-6-4-13(14)16/h1-10,21H,(H,20,22,23). The highest BCUT2D eigenvalue weighted by atomic mass is 19.1. The highest BCUT2D eigenvalue weighted by Gasteiger charge is 2.08. The Morgan fingerprint density at radius 2 is 2.04 bits per heavy atom. The van der Waals surface area contributed by atoms with Gasteiger partial charge in [0, 0.05) is 35.2 Å². The summed E-state index contributed by atoms with van der Waals surface area (Å²) in [5.41, 5.74) is 3.29. The molecule has 5 nitrogen and oxygen atoms in total. The lowest BCUT2D eigenvalue weighted by Gasteiger charge is -2.06. The van der Waals surface area contributed by atoms with Crippen molar-refractivity contribution in [3.05, 3.63) is 67.0 Å². The molecule has 0 fully saturated rings. The summed E-state index contributed by atoms with van der Waals surface area (Å²) in [5.74, 6) is 0.104. The average molecular weight is 305 g/mol. The van der Waals surface area contributed by atoms with Crippen molar-refractivity contribution in [3.8, 4) is 11.3 Å². The van der Waals surface area contributed by atoms with E-state index in [0.29, 0.717) is 11.6 Å². The van der Waals surface area contributed by atoms with Crippen molar-refractivity contribution < 1.29 is 4.39 Å². The van der Waals surface area contributed by atoms with Gasteiger partial charge in [0.05, 0.1) is 17.4 Å². The Balaban J connectivity index is 1.71. The van der Waals surface area contributed by atoms with E-state index in [0.717, 1.165) is 22.2 Å². The average Bonchev–Trinajstić information content (AvgIpc) is 2.99. The van der Waals surface area contributed by atoms with Gasteiger partial charge in [0.15, 0.2) is 0 Å². The molecule has 3 heterocycles. The van der Waals surface area contributed by atoms with Gasteiger partial charge < -0.3 is 10.3 Å². The molecule has 23 heavy (non-hydrogen) atoms. The molecule has 112 valence electrons. The molecule has 2 N–H and O–H groups in total. The highest BCUT2D eigenvalue weighted by molar-refractivity contribution is 5.94. The summed E-state index contributed by atoms with van der Waals surface area (Å²) in [4.78, 5) is 16.0. The fourth-order valence-electron chi connectivity index (χ4n) is 2.45. The van der Waals surface area contributed by atoms with Crippen molar-refractivity contribution >= 4 is 22.5 Å². The molecule has 3 aromatic heterocycles. The van der Waals surface area contributed by atoms with Crippen LogP contribution in [0.2, 0.25) is 0 Å². The Morgan fingerprint density at radius 1 is 1.09 bits per heavy atom. The number of aromatic nitrogens is 4. The van der Waals surface area contributed by atoms with E-state index in [9.17, 15) is 4.39 Å². The summed E-state index contributed by atoms with van der Waals surface area (Å²) in [6.07, 6.45) is 7.07. The fourth-order valence-corrected chi connectivity index (χ4v) is 2.45. The Bertz CT molecular complexity index is 979. The molecule has 0 amide bonds. The largest absolute Gasteiger partial charge is 0.359 e. The summed E-state index contributed by atoms with van der Waals surface area (Å²) in [5, 5.41) is 4.05. The molecule has 1 aromatic carbocycles. The maximum absolute atomic E-state index is 13.3. The molecular formula is C17H12FN5. The lowest BCUT2D eigenvalue weighted by Crippen LogP contribution is -1.98. The van der Waals surface area contributed by atoms with E-state index in [4.69, 9.17) is 0 Å². The third kappa shape index (κ3) is 2.62. The van der Waals surface area contributed by atoms with Crippen molar-refractivity contribution in [1.82, 2.24) is 19.9 Å². The topological polar surface area (TPSA) is 66.5 Å². The first kappa shape index (κ1) is 13.4. The van der Waals surface area contributed by atoms with Crippen molar-refractivity contribution in [3.63, 3.8) is 0 Å². The summed E-state index contributed by atoms with van der Waals surface area (Å²) >= 11 is 0. The van der Waals surface area contributed by atoms with Crippen LogP contribution in [-0.2, 0) is 0 Å². The van der Waals surface area contributed by atoms with Crippen molar-refractivity contribution in [2.24, 2.45) is 0 Å². The number of anilines is 2. The number of pyridine rings is 1. The van der Waals surface area contributed by atoms with Gasteiger partial charge in [-0.05, 0) is 30.3 Å². The quantitative estimate of drug-likeness (QED) is 0.602. The van der Waals surface area contributed by atoms with E-state index in [-0.39, 0.29) is 5.82 Å². The fraction of sp³-hybridized carbons (Fsp3) is 0. The number of nitrogens with one attached hydrogen (secondary N) is 2. The number of benzene rings is 1. The van der Waals surface area contributed by atoms with Gasteiger partial charge >= 0.3 is 0 Å². The van der Waals surface area contributed by atoms with Gasteiger partial charge in [-0.25, -0.2) is 14.4 Å². The third-order valence-electron chi connectivity index (χ3n) is 3.50. The molecule has 0 spiro atoms. The molecule has 0 unspecified atom stereocenters. The first-order valence-corrected chi connectivity index (χ1v) is 7.07. The molecule has 0 saturated carbocycles. The third-order valence-corrected chi connectivity index (χ3v) is 3.50. The second-order valence-corrected chi connectivity index (χ2v) is 5.02. The van der Waals surface area contributed by atoms with Gasteiger partial charge in [-0.15, -0.1) is 0 Å². The number of halogens is 1. The van der Waals surface area contributed by atoms with Gasteiger partial charge in [0.1, 0.15) is 5.82 Å². The molecule has 0 aliphatic heterocycles. The maximum atomic E-state index is 13.3. The van der Waals surface area contributed by atoms with Crippen LogP contribution in [0.3, 0.4) is 0 Å². The molecule has 0 aliphatic carbocycles. The van der Waals surface area contributed by atoms with E-state index >= 15 is 0 Å². The Morgan fingerprint density at radius 3 is 2.96 bits per heavy atom. The normalized spacial score (nSPS) is 10.8. The van der Waals surface area contributed by atoms with Gasteiger partial charge in [0.25, 0.3) is 0 Å². The molecule has 6 heteroatoms. The zero-order chi connectivity index (χ0) is 15.6. The minimum atomic E-state index is -0.310. The van der Waals surface area contributed by atoms with Crippen LogP contribution in [0.15, 0.2) is 61.2 Å². The smallest absolute Gasteiger partial charge is 0.227 e. The van der Waals surface area contributed by atoms with Crippen LogP contribution in [0.1, 0.15) is 0 Å². The second-order valence-electron chi connectivity index (χ2n) is 5.02. The minimum absolute atomic E-state index is 0.310. The van der Waals surface area contributed by atoms with E-state index < -0.39 is 0 Å². The second kappa shape index (κ2) is 5.49. The van der Waals surface area contributed by atoms with Crippen LogP contribution in [0.4, 0.5) is 16.0 Å². The van der Waals surface area contributed by atoms with Crippen LogP contribution in [0, 0.1) is 5.82 Å². The van der Waals surface area contributed by atoms with E-state index in [1.165, 1.54) is 12.1 Å². The van der Waals surface area contributed by atoms with E-state index in [1.807, 2.05) is 18.3 Å². The Kier molecular flexibility index (Phi) is 3.20. The predicted octanol–water partition coefficient (Wildman–Crippen LogP) is 3.90. The lowest BCUT2D eigenvalue weighted by atomic mass is 10.1. The first-order chi connectivity index (χ1) is 11.3. The molecule has 0 bridgehead atoms. The van der Waals surface area contributed by atoms with Gasteiger partial charge in [-0.1, -0.05) is 6.07 Å². The minimum Gasteiger partial charge on any atom is -0.359 e. The Labute approximate surface area is 131 Å². The van der Waals surface area contributed by atoms with Crippen LogP contribution in [0.5, 0.6) is 0 Å². The zero-order valence-corrected chi connectivity index (χ0v) is 12.0. The molecule has 0 saturated heterocycles. The highest BCUT2D eigenvalue weighted by Crippen LogP contribution is 2.27. The van der Waals surface area contributed by atoms with Crippen molar-refractivity contribution in [1.29, 1.82) is 0 Å². The zero-order valence-electron chi connectivity index (χ0n) is 12.0. The number of hydrogen-bond donors (Lipinski definition) is 2. The summed E-state index contributed by atoms with van der Waals surface area (Å²) in [7, 11) is 0. The van der Waals surface area contributed by atoms with E-state index in [1.54, 1.807) is 30.7 Å². The van der Waals surface area contributed by atoms with Crippen LogP contribution >= 0.6 is 0 Å². The monoisotopic (exact) mass is 305 g/mol. The van der Waals surface area contributed by atoms with Crippen molar-refractivity contribution in [2.75, 3.05) is 5.32 Å². The van der Waals surface area contributed by atoms with Gasteiger partial charge in [-0.2, -0.15) is 0 Å².